The first-order valence-electron chi connectivity index (χ1n) is 6.85. The average molecular weight is 275 g/mol. The summed E-state index contributed by atoms with van der Waals surface area (Å²) in [5.41, 5.74) is 8.91. The number of fused-ring (bicyclic) bond motifs is 1. The maximum Gasteiger partial charge on any atom is 0.112 e. The van der Waals surface area contributed by atoms with Gasteiger partial charge in [-0.05, 0) is 37.3 Å². The zero-order chi connectivity index (χ0) is 13.6. The molecule has 0 radical (unpaired) electrons. The van der Waals surface area contributed by atoms with Crippen LogP contribution >= 0.6 is 11.8 Å². The third-order valence-electron chi connectivity index (χ3n) is 4.01. The maximum atomic E-state index is 5.87. The number of thioether (sulfide) groups is 1. The van der Waals surface area contributed by atoms with E-state index >= 15 is 0 Å². The van der Waals surface area contributed by atoms with Gasteiger partial charge in [0.25, 0.3) is 0 Å². The Bertz CT molecular complexity index is 611. The normalized spacial score (nSPS) is 17.3. The van der Waals surface area contributed by atoms with Gasteiger partial charge in [-0.25, -0.2) is 4.98 Å². The van der Waals surface area contributed by atoms with Crippen LogP contribution in [0.2, 0.25) is 0 Å². The van der Waals surface area contributed by atoms with Gasteiger partial charge in [-0.2, -0.15) is 11.8 Å². The van der Waals surface area contributed by atoms with E-state index in [9.17, 15) is 0 Å². The smallest absolute Gasteiger partial charge is 0.112 e. The molecule has 0 atom stereocenters. The molecule has 0 unspecified atom stereocenters. The van der Waals surface area contributed by atoms with Gasteiger partial charge < -0.3 is 10.3 Å². The van der Waals surface area contributed by atoms with Crippen molar-refractivity contribution in [2.24, 2.45) is 0 Å². The fraction of sp³-hybridized carbons (Fsp3) is 0.533. The minimum absolute atomic E-state index is 0.436. The number of nitrogens with zero attached hydrogens (tertiary/aromatic N) is 2. The Hall–Kier alpha value is -1.16. The van der Waals surface area contributed by atoms with E-state index in [1.807, 2.05) is 23.9 Å². The van der Waals surface area contributed by atoms with E-state index in [4.69, 9.17) is 10.7 Å². The Balaban J connectivity index is 2.11. The Morgan fingerprint density at radius 3 is 2.74 bits per heavy atom. The van der Waals surface area contributed by atoms with Crippen molar-refractivity contribution in [1.82, 2.24) is 9.55 Å². The highest BCUT2D eigenvalue weighted by Gasteiger charge is 2.42. The van der Waals surface area contributed by atoms with Crippen LogP contribution in [0.15, 0.2) is 18.2 Å². The molecule has 1 aromatic heterocycles. The molecule has 2 aromatic rings. The molecule has 1 heterocycles. The number of anilines is 1. The van der Waals surface area contributed by atoms with Gasteiger partial charge in [0.1, 0.15) is 5.82 Å². The van der Waals surface area contributed by atoms with Crippen LogP contribution in [0.5, 0.6) is 0 Å². The van der Waals surface area contributed by atoms with Gasteiger partial charge in [0.15, 0.2) is 0 Å². The molecule has 3 rings (SSSR count). The highest BCUT2D eigenvalue weighted by molar-refractivity contribution is 8.00. The molecule has 3 nitrogen and oxygen atoms in total. The van der Waals surface area contributed by atoms with Gasteiger partial charge in [-0.15, -0.1) is 0 Å². The van der Waals surface area contributed by atoms with Crippen LogP contribution < -0.4 is 5.73 Å². The lowest BCUT2D eigenvalue weighted by Crippen LogP contribution is -2.16. The first kappa shape index (κ1) is 12.9. The van der Waals surface area contributed by atoms with Gasteiger partial charge in [0.2, 0.25) is 0 Å². The van der Waals surface area contributed by atoms with Crippen molar-refractivity contribution in [2.75, 3.05) is 12.0 Å². The molecule has 1 saturated carbocycles. The Labute approximate surface area is 118 Å². The van der Waals surface area contributed by atoms with Crippen LogP contribution in [0.1, 0.15) is 38.4 Å². The number of hydrogen-bond donors (Lipinski definition) is 1. The van der Waals surface area contributed by atoms with Gasteiger partial charge in [0.05, 0.1) is 11.0 Å². The highest BCUT2D eigenvalue weighted by Crippen LogP contribution is 2.49. The third-order valence-corrected chi connectivity index (χ3v) is 5.41. The average Bonchev–Trinajstić information content (AvgIpc) is 3.06. The largest absolute Gasteiger partial charge is 0.399 e. The fourth-order valence-electron chi connectivity index (χ4n) is 2.63. The van der Waals surface area contributed by atoms with Gasteiger partial charge >= 0.3 is 0 Å². The van der Waals surface area contributed by atoms with Crippen LogP contribution in [0.3, 0.4) is 0 Å². The lowest BCUT2D eigenvalue weighted by atomic mass is 10.2. The summed E-state index contributed by atoms with van der Waals surface area (Å²) in [6.45, 7) is 5.49. The minimum Gasteiger partial charge on any atom is -0.399 e. The molecular formula is C15H21N3S. The summed E-state index contributed by atoms with van der Waals surface area (Å²) in [4.78, 5) is 4.79. The van der Waals surface area contributed by atoms with Crippen molar-refractivity contribution >= 4 is 28.5 Å². The predicted octanol–water partition coefficient (Wildman–Crippen LogP) is 3.64. The van der Waals surface area contributed by atoms with E-state index in [-0.39, 0.29) is 0 Å². The summed E-state index contributed by atoms with van der Waals surface area (Å²) in [5.74, 6) is 1.62. The van der Waals surface area contributed by atoms with E-state index in [1.165, 1.54) is 24.2 Å². The summed E-state index contributed by atoms with van der Waals surface area (Å²) in [5, 5.41) is 0. The molecule has 102 valence electrons. The zero-order valence-electron chi connectivity index (χ0n) is 11.8. The number of rotatable bonds is 4. The quantitative estimate of drug-likeness (QED) is 0.866. The van der Waals surface area contributed by atoms with Crippen LogP contribution in [-0.4, -0.2) is 20.6 Å². The molecule has 0 aliphatic heterocycles. The summed E-state index contributed by atoms with van der Waals surface area (Å²) >= 11 is 2.00. The fourth-order valence-corrected chi connectivity index (χ4v) is 3.40. The lowest BCUT2D eigenvalue weighted by molar-refractivity contribution is 0.612. The van der Waals surface area contributed by atoms with E-state index < -0.39 is 0 Å². The molecule has 19 heavy (non-hydrogen) atoms. The topological polar surface area (TPSA) is 43.8 Å². The number of imidazole rings is 1. The van der Waals surface area contributed by atoms with Gasteiger partial charge in [0, 0.05) is 22.9 Å². The third kappa shape index (κ3) is 2.22. The van der Waals surface area contributed by atoms with Crippen molar-refractivity contribution in [3.63, 3.8) is 0 Å². The van der Waals surface area contributed by atoms with Crippen molar-refractivity contribution in [2.45, 2.75) is 43.9 Å². The maximum absolute atomic E-state index is 5.87. The molecule has 0 saturated heterocycles. The Morgan fingerprint density at radius 2 is 2.16 bits per heavy atom. The number of hydrogen-bond acceptors (Lipinski definition) is 3. The van der Waals surface area contributed by atoms with E-state index in [0.717, 1.165) is 17.7 Å². The van der Waals surface area contributed by atoms with Crippen molar-refractivity contribution in [3.8, 4) is 0 Å². The second-order valence-corrected chi connectivity index (χ2v) is 7.12. The molecular weight excluding hydrogens is 254 g/mol. The lowest BCUT2D eigenvalue weighted by Gasteiger charge is -2.17. The summed E-state index contributed by atoms with van der Waals surface area (Å²) in [7, 11) is 0. The number of benzene rings is 1. The first-order valence-corrected chi connectivity index (χ1v) is 8.08. The Kier molecular flexibility index (Phi) is 3.01. The van der Waals surface area contributed by atoms with E-state index in [0.29, 0.717) is 10.7 Å². The molecule has 0 spiro atoms. The molecule has 1 aromatic carbocycles. The standard InChI is InChI=1S/C15H21N3S/c1-10(2)14-17-12-8-11(16)4-5-13(12)18(14)9-15(19-3)6-7-15/h4-5,8,10H,6-7,9,16H2,1-3H3. The summed E-state index contributed by atoms with van der Waals surface area (Å²) in [6.07, 6.45) is 4.86. The van der Waals surface area contributed by atoms with Crippen molar-refractivity contribution < 1.29 is 0 Å². The minimum atomic E-state index is 0.436. The van der Waals surface area contributed by atoms with Gasteiger partial charge in [-0.3, -0.25) is 0 Å². The summed E-state index contributed by atoms with van der Waals surface area (Å²) < 4.78 is 2.85. The first-order chi connectivity index (χ1) is 9.04. The highest BCUT2D eigenvalue weighted by atomic mass is 32.2. The molecule has 4 heteroatoms. The Morgan fingerprint density at radius 1 is 1.42 bits per heavy atom. The molecule has 1 aliphatic rings. The number of nitrogens with two attached hydrogens (primary N) is 1. The van der Waals surface area contributed by atoms with Crippen LogP contribution in [0.25, 0.3) is 11.0 Å². The molecule has 1 aliphatic carbocycles. The predicted molar refractivity (Wildman–Crippen MR) is 83.7 cm³/mol. The monoisotopic (exact) mass is 275 g/mol. The number of nitrogen functional groups attached to an aromatic ring is 1. The second-order valence-electron chi connectivity index (χ2n) is 5.85. The second kappa shape index (κ2) is 4.44. The van der Waals surface area contributed by atoms with Gasteiger partial charge in [-0.1, -0.05) is 13.8 Å². The summed E-state index contributed by atoms with van der Waals surface area (Å²) in [6, 6.07) is 6.07. The van der Waals surface area contributed by atoms with Crippen LogP contribution in [0.4, 0.5) is 5.69 Å². The number of aromatic nitrogens is 2. The molecule has 2 N–H and O–H groups in total. The van der Waals surface area contributed by atoms with Crippen molar-refractivity contribution in [1.29, 1.82) is 0 Å². The molecule has 1 fully saturated rings. The van der Waals surface area contributed by atoms with Crippen LogP contribution in [-0.2, 0) is 6.54 Å². The van der Waals surface area contributed by atoms with Crippen molar-refractivity contribution in [3.05, 3.63) is 24.0 Å². The SMILES string of the molecule is CSC1(Cn2c(C(C)C)nc3cc(N)ccc32)CC1. The van der Waals surface area contributed by atoms with E-state index in [1.54, 1.807) is 0 Å². The molecule has 0 bridgehead atoms. The van der Waals surface area contributed by atoms with E-state index in [2.05, 4.69) is 30.7 Å². The zero-order valence-corrected chi connectivity index (χ0v) is 12.6. The van der Waals surface area contributed by atoms with Crippen LogP contribution in [0, 0.1) is 0 Å². The molecule has 0 amide bonds.